The zero-order chi connectivity index (χ0) is 13.5. The maximum Gasteiger partial charge on any atom is 0.120 e. The molecule has 2 nitrogen and oxygen atoms in total. The fraction of sp³-hybridized carbons (Fsp3) is 0.562. The van der Waals surface area contributed by atoms with E-state index < -0.39 is 0 Å². The van der Waals surface area contributed by atoms with Gasteiger partial charge in [-0.3, -0.25) is 0 Å². The summed E-state index contributed by atoms with van der Waals surface area (Å²) < 4.78 is 5.69. The molecule has 0 amide bonds. The summed E-state index contributed by atoms with van der Waals surface area (Å²) in [5.74, 6) is 2.73. The highest BCUT2D eigenvalue weighted by molar-refractivity contribution is 7.99. The Morgan fingerprint density at radius 1 is 1.42 bits per heavy atom. The van der Waals surface area contributed by atoms with E-state index in [0.29, 0.717) is 5.56 Å². The summed E-state index contributed by atoms with van der Waals surface area (Å²) in [7, 11) is 0. The van der Waals surface area contributed by atoms with Gasteiger partial charge in [0.15, 0.2) is 0 Å². The highest BCUT2D eigenvalue weighted by Crippen LogP contribution is 2.31. The number of benzene rings is 1. The fourth-order valence-electron chi connectivity index (χ4n) is 2.56. The first-order chi connectivity index (χ1) is 9.28. The maximum absolute atomic E-state index is 8.82. The lowest BCUT2D eigenvalue weighted by molar-refractivity contribution is 0.342. The fourth-order valence-corrected chi connectivity index (χ4v) is 3.87. The van der Waals surface area contributed by atoms with Crippen LogP contribution in [-0.2, 0) is 0 Å². The molecule has 19 heavy (non-hydrogen) atoms. The van der Waals surface area contributed by atoms with Crippen molar-refractivity contribution in [3.05, 3.63) is 29.8 Å². The number of nitriles is 1. The van der Waals surface area contributed by atoms with Gasteiger partial charge in [0.25, 0.3) is 0 Å². The van der Waals surface area contributed by atoms with Crippen LogP contribution in [0.25, 0.3) is 0 Å². The third kappa shape index (κ3) is 4.80. The Morgan fingerprint density at radius 2 is 2.32 bits per heavy atom. The molecule has 2 rings (SSSR count). The average Bonchev–Trinajstić information content (AvgIpc) is 2.44. The first-order valence-electron chi connectivity index (χ1n) is 7.02. The van der Waals surface area contributed by atoms with Crippen molar-refractivity contribution in [3.8, 4) is 11.8 Å². The van der Waals surface area contributed by atoms with E-state index in [4.69, 9.17) is 10.00 Å². The maximum atomic E-state index is 8.82. The standard InChI is InChI=1S/C16H21NOS/c1-13-4-2-7-16(10-13)19-9-8-18-15-6-3-5-14(11-15)12-17/h3,5-6,11,13,16H,2,4,7-10H2,1H3. The Bertz CT molecular complexity index is 441. The van der Waals surface area contributed by atoms with Crippen LogP contribution in [0.3, 0.4) is 0 Å². The van der Waals surface area contributed by atoms with Crippen LogP contribution < -0.4 is 4.74 Å². The molecule has 2 atom stereocenters. The van der Waals surface area contributed by atoms with Crippen LogP contribution in [0.5, 0.6) is 5.75 Å². The van der Waals surface area contributed by atoms with Gasteiger partial charge in [-0.2, -0.15) is 17.0 Å². The summed E-state index contributed by atoms with van der Waals surface area (Å²) in [6.07, 6.45) is 5.49. The molecular weight excluding hydrogens is 254 g/mol. The van der Waals surface area contributed by atoms with Gasteiger partial charge in [-0.15, -0.1) is 0 Å². The molecule has 0 heterocycles. The number of hydrogen-bond donors (Lipinski definition) is 0. The molecule has 3 heteroatoms. The molecule has 1 saturated carbocycles. The molecule has 1 aromatic carbocycles. The lowest BCUT2D eigenvalue weighted by Gasteiger charge is -2.26. The van der Waals surface area contributed by atoms with Crippen molar-refractivity contribution in [1.29, 1.82) is 5.26 Å². The normalized spacial score (nSPS) is 22.7. The van der Waals surface area contributed by atoms with E-state index in [1.54, 1.807) is 12.1 Å². The highest BCUT2D eigenvalue weighted by atomic mass is 32.2. The molecular formula is C16H21NOS. The molecule has 0 N–H and O–H groups in total. The van der Waals surface area contributed by atoms with E-state index in [2.05, 4.69) is 13.0 Å². The number of ether oxygens (including phenoxy) is 1. The first-order valence-corrected chi connectivity index (χ1v) is 8.07. The topological polar surface area (TPSA) is 33.0 Å². The van der Waals surface area contributed by atoms with E-state index in [1.165, 1.54) is 25.7 Å². The monoisotopic (exact) mass is 275 g/mol. The van der Waals surface area contributed by atoms with Crippen molar-refractivity contribution < 1.29 is 4.74 Å². The smallest absolute Gasteiger partial charge is 0.120 e. The number of rotatable bonds is 5. The Balaban J connectivity index is 1.67. The summed E-state index contributed by atoms with van der Waals surface area (Å²) in [4.78, 5) is 0. The van der Waals surface area contributed by atoms with Gasteiger partial charge in [-0.25, -0.2) is 0 Å². The van der Waals surface area contributed by atoms with Gasteiger partial charge in [0.05, 0.1) is 18.2 Å². The summed E-state index contributed by atoms with van der Waals surface area (Å²) in [6.45, 7) is 3.08. The van der Waals surface area contributed by atoms with Crippen LogP contribution in [0, 0.1) is 17.2 Å². The largest absolute Gasteiger partial charge is 0.493 e. The third-order valence-corrected chi connectivity index (χ3v) is 4.86. The van der Waals surface area contributed by atoms with Crippen LogP contribution in [-0.4, -0.2) is 17.6 Å². The Kier molecular flexibility index (Phi) is 5.60. The SMILES string of the molecule is CC1CCCC(SCCOc2cccc(C#N)c2)C1. The van der Waals surface area contributed by atoms with E-state index >= 15 is 0 Å². The Morgan fingerprint density at radius 3 is 3.11 bits per heavy atom. The van der Waals surface area contributed by atoms with Crippen LogP contribution in [0.1, 0.15) is 38.2 Å². The predicted octanol–water partition coefficient (Wildman–Crippen LogP) is 4.25. The highest BCUT2D eigenvalue weighted by Gasteiger charge is 2.18. The van der Waals surface area contributed by atoms with Crippen molar-refractivity contribution in [2.45, 2.75) is 37.9 Å². The molecule has 1 fully saturated rings. The summed E-state index contributed by atoms with van der Waals surface area (Å²) >= 11 is 2.04. The van der Waals surface area contributed by atoms with Crippen molar-refractivity contribution >= 4 is 11.8 Å². The summed E-state index contributed by atoms with van der Waals surface area (Å²) in [5, 5.41) is 9.64. The van der Waals surface area contributed by atoms with Gasteiger partial charge in [0.2, 0.25) is 0 Å². The van der Waals surface area contributed by atoms with Crippen molar-refractivity contribution in [2.75, 3.05) is 12.4 Å². The summed E-state index contributed by atoms with van der Waals surface area (Å²) in [6, 6.07) is 9.50. The lowest BCUT2D eigenvalue weighted by Crippen LogP contribution is -2.16. The minimum atomic E-state index is 0.659. The molecule has 2 unspecified atom stereocenters. The second-order valence-corrected chi connectivity index (χ2v) is 6.66. The number of nitrogens with zero attached hydrogens (tertiary/aromatic N) is 1. The van der Waals surface area contributed by atoms with Gasteiger partial charge in [-0.1, -0.05) is 25.8 Å². The van der Waals surface area contributed by atoms with Gasteiger partial charge in [0.1, 0.15) is 5.75 Å². The molecule has 102 valence electrons. The van der Waals surface area contributed by atoms with Crippen LogP contribution in [0.4, 0.5) is 0 Å². The molecule has 0 aliphatic heterocycles. The number of thioether (sulfide) groups is 1. The van der Waals surface area contributed by atoms with Gasteiger partial charge in [-0.05, 0) is 37.0 Å². The van der Waals surface area contributed by atoms with Gasteiger partial charge in [0, 0.05) is 11.0 Å². The van der Waals surface area contributed by atoms with E-state index in [-0.39, 0.29) is 0 Å². The zero-order valence-electron chi connectivity index (χ0n) is 11.5. The van der Waals surface area contributed by atoms with E-state index in [9.17, 15) is 0 Å². The van der Waals surface area contributed by atoms with Crippen molar-refractivity contribution in [3.63, 3.8) is 0 Å². The second-order valence-electron chi connectivity index (χ2n) is 5.25. The summed E-state index contributed by atoms with van der Waals surface area (Å²) in [5.41, 5.74) is 0.659. The van der Waals surface area contributed by atoms with Crippen LogP contribution >= 0.6 is 11.8 Å². The van der Waals surface area contributed by atoms with E-state index in [1.807, 2.05) is 23.9 Å². The Hall–Kier alpha value is -1.14. The lowest BCUT2D eigenvalue weighted by atomic mass is 9.91. The van der Waals surface area contributed by atoms with Crippen LogP contribution in [0.15, 0.2) is 24.3 Å². The Labute approximate surface area is 120 Å². The number of hydrogen-bond acceptors (Lipinski definition) is 3. The molecule has 0 spiro atoms. The third-order valence-electron chi connectivity index (χ3n) is 3.56. The molecule has 0 radical (unpaired) electrons. The molecule has 1 aliphatic carbocycles. The minimum Gasteiger partial charge on any atom is -0.493 e. The molecule has 0 bridgehead atoms. The van der Waals surface area contributed by atoms with Crippen molar-refractivity contribution in [2.24, 2.45) is 5.92 Å². The molecule has 0 saturated heterocycles. The molecule has 1 aromatic rings. The molecule has 1 aliphatic rings. The van der Waals surface area contributed by atoms with Crippen molar-refractivity contribution in [1.82, 2.24) is 0 Å². The van der Waals surface area contributed by atoms with E-state index in [0.717, 1.165) is 29.3 Å². The zero-order valence-corrected chi connectivity index (χ0v) is 12.3. The first kappa shape index (κ1) is 14.3. The molecule has 0 aromatic heterocycles. The quantitative estimate of drug-likeness (QED) is 0.753. The average molecular weight is 275 g/mol. The van der Waals surface area contributed by atoms with Gasteiger partial charge < -0.3 is 4.74 Å². The van der Waals surface area contributed by atoms with Crippen LogP contribution in [0.2, 0.25) is 0 Å². The predicted molar refractivity (Wildman–Crippen MR) is 80.5 cm³/mol. The second kappa shape index (κ2) is 7.45. The van der Waals surface area contributed by atoms with Gasteiger partial charge >= 0.3 is 0 Å². The minimum absolute atomic E-state index is 0.659.